The summed E-state index contributed by atoms with van der Waals surface area (Å²) >= 11 is 0. The highest BCUT2D eigenvalue weighted by Crippen LogP contribution is 2.28. The molecule has 0 saturated carbocycles. The third-order valence-corrected chi connectivity index (χ3v) is 3.21. The zero-order valence-corrected chi connectivity index (χ0v) is 10.8. The largest absolute Gasteiger partial charge is 0.358 e. The van der Waals surface area contributed by atoms with E-state index in [9.17, 15) is 14.4 Å². The smallest absolute Gasteiger partial charge is 0.325 e. The lowest BCUT2D eigenvalue weighted by Gasteiger charge is -2.21. The minimum Gasteiger partial charge on any atom is -0.358 e. The Labute approximate surface area is 110 Å². The molecule has 0 radical (unpaired) electrons. The van der Waals surface area contributed by atoms with E-state index in [0.29, 0.717) is 5.56 Å². The maximum absolute atomic E-state index is 12.4. The maximum atomic E-state index is 12.4. The van der Waals surface area contributed by atoms with Crippen molar-refractivity contribution in [2.75, 3.05) is 13.6 Å². The Hall–Kier alpha value is -2.37. The maximum Gasteiger partial charge on any atom is 0.325 e. The molecule has 4 amide bonds. The van der Waals surface area contributed by atoms with Crippen molar-refractivity contribution in [2.24, 2.45) is 0 Å². The SMILES string of the molecule is CNC(=O)CN1C(=O)NC(C)(c2ccccc2)C1=O. The van der Waals surface area contributed by atoms with Gasteiger partial charge in [-0.25, -0.2) is 4.79 Å². The zero-order chi connectivity index (χ0) is 14.0. The molecule has 1 aromatic carbocycles. The average Bonchev–Trinajstić information content (AvgIpc) is 2.64. The zero-order valence-electron chi connectivity index (χ0n) is 10.8. The topological polar surface area (TPSA) is 78.5 Å². The van der Waals surface area contributed by atoms with Crippen molar-refractivity contribution in [1.29, 1.82) is 0 Å². The fourth-order valence-electron chi connectivity index (χ4n) is 2.03. The summed E-state index contributed by atoms with van der Waals surface area (Å²) in [4.78, 5) is 36.4. The lowest BCUT2D eigenvalue weighted by molar-refractivity contribution is -0.134. The van der Waals surface area contributed by atoms with Crippen LogP contribution in [-0.4, -0.2) is 36.3 Å². The number of carbonyl (C=O) groups excluding carboxylic acids is 3. The third-order valence-electron chi connectivity index (χ3n) is 3.21. The second-order valence-electron chi connectivity index (χ2n) is 4.49. The van der Waals surface area contributed by atoms with Crippen LogP contribution in [0.25, 0.3) is 0 Å². The number of nitrogens with zero attached hydrogens (tertiary/aromatic N) is 1. The predicted molar refractivity (Wildman–Crippen MR) is 68.1 cm³/mol. The first-order valence-corrected chi connectivity index (χ1v) is 5.89. The van der Waals surface area contributed by atoms with Crippen LogP contribution in [0.3, 0.4) is 0 Å². The van der Waals surface area contributed by atoms with Crippen LogP contribution in [0.15, 0.2) is 30.3 Å². The molecule has 1 aliphatic heterocycles. The molecule has 0 aromatic heterocycles. The van der Waals surface area contributed by atoms with Crippen molar-refractivity contribution in [3.05, 3.63) is 35.9 Å². The molecule has 1 atom stereocenters. The molecular weight excluding hydrogens is 246 g/mol. The Balaban J connectivity index is 2.29. The van der Waals surface area contributed by atoms with E-state index in [2.05, 4.69) is 10.6 Å². The second-order valence-corrected chi connectivity index (χ2v) is 4.49. The molecule has 6 nitrogen and oxygen atoms in total. The molecule has 2 N–H and O–H groups in total. The van der Waals surface area contributed by atoms with Gasteiger partial charge in [0.2, 0.25) is 5.91 Å². The van der Waals surface area contributed by atoms with Gasteiger partial charge in [-0.15, -0.1) is 0 Å². The highest BCUT2D eigenvalue weighted by molar-refractivity contribution is 6.09. The molecule has 0 bridgehead atoms. The van der Waals surface area contributed by atoms with Gasteiger partial charge in [0.1, 0.15) is 12.1 Å². The number of imide groups is 1. The lowest BCUT2D eigenvalue weighted by atomic mass is 9.92. The van der Waals surface area contributed by atoms with E-state index in [1.807, 2.05) is 6.07 Å². The van der Waals surface area contributed by atoms with E-state index in [1.165, 1.54) is 7.05 Å². The van der Waals surface area contributed by atoms with Crippen LogP contribution in [0.4, 0.5) is 4.79 Å². The number of rotatable bonds is 3. The van der Waals surface area contributed by atoms with Crippen LogP contribution in [0.5, 0.6) is 0 Å². The number of nitrogens with one attached hydrogen (secondary N) is 2. The van der Waals surface area contributed by atoms with E-state index in [1.54, 1.807) is 31.2 Å². The second kappa shape index (κ2) is 4.72. The number of hydrogen-bond acceptors (Lipinski definition) is 3. The number of likely N-dealkylation sites (N-methyl/N-ethyl adjacent to an activating group) is 1. The first-order valence-electron chi connectivity index (χ1n) is 5.89. The minimum absolute atomic E-state index is 0.274. The van der Waals surface area contributed by atoms with Gasteiger partial charge in [-0.3, -0.25) is 14.5 Å². The van der Waals surface area contributed by atoms with Crippen molar-refractivity contribution in [2.45, 2.75) is 12.5 Å². The summed E-state index contributed by atoms with van der Waals surface area (Å²) in [6.07, 6.45) is 0. The predicted octanol–water partition coefficient (Wildman–Crippen LogP) is 0.200. The monoisotopic (exact) mass is 261 g/mol. The Bertz CT molecular complexity index is 529. The minimum atomic E-state index is -1.12. The first-order chi connectivity index (χ1) is 8.99. The van der Waals surface area contributed by atoms with Crippen LogP contribution in [0, 0.1) is 0 Å². The molecule has 1 fully saturated rings. The molecule has 1 aromatic rings. The molecule has 1 aliphatic rings. The standard InChI is InChI=1S/C13H15N3O3/c1-13(9-6-4-3-5-7-9)11(18)16(12(19)15-13)8-10(17)14-2/h3-7H,8H2,1-2H3,(H,14,17)(H,15,19). The summed E-state index contributed by atoms with van der Waals surface area (Å²) in [5.74, 6) is -0.812. The highest BCUT2D eigenvalue weighted by atomic mass is 16.2. The van der Waals surface area contributed by atoms with Gasteiger partial charge >= 0.3 is 6.03 Å². The van der Waals surface area contributed by atoms with E-state index >= 15 is 0 Å². The van der Waals surface area contributed by atoms with Gasteiger partial charge in [-0.2, -0.15) is 0 Å². The third kappa shape index (κ3) is 2.16. The van der Waals surface area contributed by atoms with Crippen molar-refractivity contribution in [1.82, 2.24) is 15.5 Å². The fraction of sp³-hybridized carbons (Fsp3) is 0.308. The Kier molecular flexibility index (Phi) is 3.25. The van der Waals surface area contributed by atoms with Crippen LogP contribution >= 0.6 is 0 Å². The number of carbonyl (C=O) groups is 3. The Morgan fingerprint density at radius 3 is 2.53 bits per heavy atom. The molecule has 100 valence electrons. The molecule has 1 heterocycles. The Morgan fingerprint density at radius 2 is 1.95 bits per heavy atom. The van der Waals surface area contributed by atoms with E-state index in [0.717, 1.165) is 4.90 Å². The quantitative estimate of drug-likeness (QED) is 0.763. The molecule has 0 aliphatic carbocycles. The highest BCUT2D eigenvalue weighted by Gasteiger charge is 2.49. The molecule has 1 unspecified atom stereocenters. The fourth-order valence-corrected chi connectivity index (χ4v) is 2.03. The van der Waals surface area contributed by atoms with Crippen LogP contribution < -0.4 is 10.6 Å². The van der Waals surface area contributed by atoms with Crippen molar-refractivity contribution in [3.8, 4) is 0 Å². The van der Waals surface area contributed by atoms with E-state index < -0.39 is 17.5 Å². The van der Waals surface area contributed by atoms with E-state index in [-0.39, 0.29) is 12.5 Å². The van der Waals surface area contributed by atoms with Gasteiger partial charge in [0.15, 0.2) is 0 Å². The van der Waals surface area contributed by atoms with Gasteiger partial charge in [0, 0.05) is 7.05 Å². The molecule has 1 saturated heterocycles. The van der Waals surface area contributed by atoms with Crippen molar-refractivity contribution >= 4 is 17.8 Å². The van der Waals surface area contributed by atoms with Crippen molar-refractivity contribution < 1.29 is 14.4 Å². The van der Waals surface area contributed by atoms with E-state index in [4.69, 9.17) is 0 Å². The summed E-state index contributed by atoms with van der Waals surface area (Å²) in [7, 11) is 1.46. The van der Waals surface area contributed by atoms with Gasteiger partial charge in [0.25, 0.3) is 5.91 Å². The summed E-state index contributed by atoms with van der Waals surface area (Å²) in [5, 5.41) is 5.02. The van der Waals surface area contributed by atoms with Crippen LogP contribution in [0.1, 0.15) is 12.5 Å². The summed E-state index contributed by atoms with van der Waals surface area (Å²) in [6, 6.07) is 8.39. The number of urea groups is 1. The molecular formula is C13H15N3O3. The van der Waals surface area contributed by atoms with Crippen molar-refractivity contribution in [3.63, 3.8) is 0 Å². The number of amides is 4. The Morgan fingerprint density at radius 1 is 1.32 bits per heavy atom. The first kappa shape index (κ1) is 13.1. The lowest BCUT2D eigenvalue weighted by Crippen LogP contribution is -2.42. The number of hydrogen-bond donors (Lipinski definition) is 2. The molecule has 19 heavy (non-hydrogen) atoms. The molecule has 0 spiro atoms. The van der Waals surface area contributed by atoms with Gasteiger partial charge in [-0.1, -0.05) is 30.3 Å². The summed E-state index contributed by atoms with van der Waals surface area (Å²) < 4.78 is 0. The number of benzene rings is 1. The van der Waals surface area contributed by atoms with Crippen LogP contribution in [0.2, 0.25) is 0 Å². The molecule has 6 heteroatoms. The van der Waals surface area contributed by atoms with Gasteiger partial charge in [0.05, 0.1) is 0 Å². The summed E-state index contributed by atoms with van der Waals surface area (Å²) in [6.45, 7) is 1.36. The van der Waals surface area contributed by atoms with Gasteiger partial charge in [-0.05, 0) is 12.5 Å². The van der Waals surface area contributed by atoms with Gasteiger partial charge < -0.3 is 10.6 Å². The molecule has 2 rings (SSSR count). The van der Waals surface area contributed by atoms with Crippen LogP contribution in [-0.2, 0) is 15.1 Å². The normalized spacial score (nSPS) is 22.3. The summed E-state index contributed by atoms with van der Waals surface area (Å²) in [5.41, 5.74) is -0.431. The average molecular weight is 261 g/mol.